The monoisotopic (exact) mass is 341 g/mol. The summed E-state index contributed by atoms with van der Waals surface area (Å²) in [7, 11) is 0. The van der Waals surface area contributed by atoms with Gasteiger partial charge in [-0.15, -0.1) is 0 Å². The Balaban J connectivity index is 2.03. The summed E-state index contributed by atoms with van der Waals surface area (Å²) in [5.74, 6) is -0.254. The molecule has 1 atom stereocenters. The number of benzene rings is 2. The lowest BCUT2D eigenvalue weighted by atomic mass is 10.00. The Morgan fingerprint density at radius 1 is 1.11 bits per heavy atom. The molecule has 19 heavy (non-hydrogen) atoms. The van der Waals surface area contributed by atoms with Crippen LogP contribution in [0.25, 0.3) is 0 Å². The van der Waals surface area contributed by atoms with E-state index in [1.54, 1.807) is 6.07 Å². The average molecular weight is 343 g/mol. The van der Waals surface area contributed by atoms with E-state index in [0.29, 0.717) is 15.9 Å². The maximum absolute atomic E-state index is 13.4. The SMILES string of the molecule is NC(Cc1ccc(Cl)cc1)Cc1cccc(F)c1Br. The molecule has 1 nitrogen and oxygen atoms in total. The van der Waals surface area contributed by atoms with E-state index < -0.39 is 0 Å². The lowest BCUT2D eigenvalue weighted by molar-refractivity contribution is 0.610. The molecule has 0 aliphatic rings. The van der Waals surface area contributed by atoms with Crippen molar-refractivity contribution in [2.24, 2.45) is 5.73 Å². The minimum atomic E-state index is -0.254. The second-order valence-electron chi connectivity index (χ2n) is 4.51. The van der Waals surface area contributed by atoms with Crippen molar-refractivity contribution in [3.63, 3.8) is 0 Å². The van der Waals surface area contributed by atoms with Gasteiger partial charge in [-0.2, -0.15) is 0 Å². The Morgan fingerprint density at radius 3 is 2.47 bits per heavy atom. The second kappa shape index (κ2) is 6.51. The number of rotatable bonds is 4. The van der Waals surface area contributed by atoms with Crippen molar-refractivity contribution in [3.05, 3.63) is 68.9 Å². The highest BCUT2D eigenvalue weighted by Gasteiger charge is 2.10. The molecule has 0 aromatic heterocycles. The van der Waals surface area contributed by atoms with Gasteiger partial charge in [-0.3, -0.25) is 0 Å². The second-order valence-corrected chi connectivity index (χ2v) is 5.74. The molecule has 2 aromatic rings. The van der Waals surface area contributed by atoms with Gasteiger partial charge in [0.2, 0.25) is 0 Å². The summed E-state index contributed by atoms with van der Waals surface area (Å²) in [6.45, 7) is 0. The topological polar surface area (TPSA) is 26.0 Å². The van der Waals surface area contributed by atoms with Crippen LogP contribution in [0.1, 0.15) is 11.1 Å². The fourth-order valence-corrected chi connectivity index (χ4v) is 2.54. The first-order chi connectivity index (χ1) is 9.06. The van der Waals surface area contributed by atoms with Crippen LogP contribution in [0.5, 0.6) is 0 Å². The van der Waals surface area contributed by atoms with E-state index in [4.69, 9.17) is 17.3 Å². The lowest BCUT2D eigenvalue weighted by Crippen LogP contribution is -2.25. The first kappa shape index (κ1) is 14.5. The smallest absolute Gasteiger partial charge is 0.137 e. The predicted octanol–water partition coefficient (Wildman–Crippen LogP) is 4.35. The molecule has 0 amide bonds. The molecule has 2 aromatic carbocycles. The molecule has 0 saturated heterocycles. The van der Waals surface area contributed by atoms with Crippen LogP contribution in [0.3, 0.4) is 0 Å². The zero-order valence-corrected chi connectivity index (χ0v) is 12.6. The Labute approximate surface area is 125 Å². The third-order valence-electron chi connectivity index (χ3n) is 2.92. The van der Waals surface area contributed by atoms with Gasteiger partial charge in [0.15, 0.2) is 0 Å². The van der Waals surface area contributed by atoms with Crippen LogP contribution in [0.2, 0.25) is 5.02 Å². The molecule has 0 aliphatic heterocycles. The lowest BCUT2D eigenvalue weighted by Gasteiger charge is -2.13. The Bertz CT molecular complexity index is 557. The van der Waals surface area contributed by atoms with Crippen molar-refractivity contribution in [2.75, 3.05) is 0 Å². The molecule has 2 rings (SSSR count). The highest BCUT2D eigenvalue weighted by Crippen LogP contribution is 2.22. The highest BCUT2D eigenvalue weighted by atomic mass is 79.9. The quantitative estimate of drug-likeness (QED) is 0.878. The van der Waals surface area contributed by atoms with E-state index in [-0.39, 0.29) is 11.9 Å². The number of halogens is 3. The molecule has 0 fully saturated rings. The van der Waals surface area contributed by atoms with Crippen LogP contribution in [-0.4, -0.2) is 6.04 Å². The number of hydrogen-bond acceptors (Lipinski definition) is 1. The van der Waals surface area contributed by atoms with Crippen molar-refractivity contribution in [2.45, 2.75) is 18.9 Å². The van der Waals surface area contributed by atoms with E-state index in [2.05, 4.69) is 15.9 Å². The molecule has 0 spiro atoms. The van der Waals surface area contributed by atoms with Crippen molar-refractivity contribution in [1.29, 1.82) is 0 Å². The van der Waals surface area contributed by atoms with Crippen molar-refractivity contribution in [3.8, 4) is 0 Å². The van der Waals surface area contributed by atoms with Gasteiger partial charge in [0, 0.05) is 11.1 Å². The zero-order chi connectivity index (χ0) is 13.8. The van der Waals surface area contributed by atoms with Crippen LogP contribution < -0.4 is 5.73 Å². The summed E-state index contributed by atoms with van der Waals surface area (Å²) in [6.07, 6.45) is 1.36. The molecular formula is C15H14BrClFN. The normalized spacial score (nSPS) is 12.4. The molecule has 2 N–H and O–H groups in total. The molecule has 100 valence electrons. The summed E-state index contributed by atoms with van der Waals surface area (Å²) in [4.78, 5) is 0. The summed E-state index contributed by atoms with van der Waals surface area (Å²) in [6, 6.07) is 12.6. The van der Waals surface area contributed by atoms with E-state index in [9.17, 15) is 4.39 Å². The first-order valence-electron chi connectivity index (χ1n) is 5.99. The maximum Gasteiger partial charge on any atom is 0.137 e. The fourth-order valence-electron chi connectivity index (χ4n) is 1.98. The van der Waals surface area contributed by atoms with Gasteiger partial charge < -0.3 is 5.73 Å². The first-order valence-corrected chi connectivity index (χ1v) is 7.16. The Morgan fingerprint density at radius 2 is 1.79 bits per heavy atom. The van der Waals surface area contributed by atoms with Gasteiger partial charge in [-0.05, 0) is 58.1 Å². The molecule has 0 aliphatic carbocycles. The average Bonchev–Trinajstić information content (AvgIpc) is 2.38. The van der Waals surface area contributed by atoms with Crippen LogP contribution in [0, 0.1) is 5.82 Å². The zero-order valence-electron chi connectivity index (χ0n) is 10.2. The van der Waals surface area contributed by atoms with E-state index in [0.717, 1.165) is 17.5 Å². The summed E-state index contributed by atoms with van der Waals surface area (Å²) in [5, 5.41) is 0.713. The molecule has 0 saturated carbocycles. The van der Waals surface area contributed by atoms with E-state index in [1.165, 1.54) is 6.07 Å². The third kappa shape index (κ3) is 4.03. The standard InChI is InChI=1S/C15H14BrClFN/c16-15-11(2-1-3-14(15)18)9-13(19)8-10-4-6-12(17)7-5-10/h1-7,13H,8-9,19H2. The number of nitrogens with two attached hydrogens (primary N) is 1. The maximum atomic E-state index is 13.4. The van der Waals surface area contributed by atoms with E-state index >= 15 is 0 Å². The van der Waals surface area contributed by atoms with Crippen LogP contribution in [-0.2, 0) is 12.8 Å². The van der Waals surface area contributed by atoms with Crippen molar-refractivity contribution in [1.82, 2.24) is 0 Å². The van der Waals surface area contributed by atoms with Crippen molar-refractivity contribution < 1.29 is 4.39 Å². The summed E-state index contributed by atoms with van der Waals surface area (Å²) < 4.78 is 13.9. The Hall–Kier alpha value is -0.900. The van der Waals surface area contributed by atoms with Gasteiger partial charge >= 0.3 is 0 Å². The molecule has 0 radical (unpaired) electrons. The summed E-state index contributed by atoms with van der Waals surface area (Å²) >= 11 is 9.09. The van der Waals surface area contributed by atoms with Crippen LogP contribution in [0.15, 0.2) is 46.9 Å². The van der Waals surface area contributed by atoms with Gasteiger partial charge in [0.05, 0.1) is 4.47 Å². The highest BCUT2D eigenvalue weighted by molar-refractivity contribution is 9.10. The predicted molar refractivity (Wildman–Crippen MR) is 80.9 cm³/mol. The molecule has 0 bridgehead atoms. The number of hydrogen-bond donors (Lipinski definition) is 1. The minimum absolute atomic E-state index is 0.0562. The molecular weight excluding hydrogens is 329 g/mol. The van der Waals surface area contributed by atoms with Crippen molar-refractivity contribution >= 4 is 27.5 Å². The molecule has 0 heterocycles. The fraction of sp³-hybridized carbons (Fsp3) is 0.200. The Kier molecular flexibility index (Phi) is 4.97. The molecule has 1 unspecified atom stereocenters. The minimum Gasteiger partial charge on any atom is -0.327 e. The van der Waals surface area contributed by atoms with Gasteiger partial charge in [0.1, 0.15) is 5.82 Å². The van der Waals surface area contributed by atoms with Crippen LogP contribution in [0.4, 0.5) is 4.39 Å². The molecule has 4 heteroatoms. The van der Waals surface area contributed by atoms with E-state index in [1.807, 2.05) is 30.3 Å². The largest absolute Gasteiger partial charge is 0.327 e. The van der Waals surface area contributed by atoms with Crippen LogP contribution >= 0.6 is 27.5 Å². The van der Waals surface area contributed by atoms with Gasteiger partial charge in [-0.25, -0.2) is 4.39 Å². The third-order valence-corrected chi connectivity index (χ3v) is 4.06. The van der Waals surface area contributed by atoms with Gasteiger partial charge in [-0.1, -0.05) is 35.9 Å². The van der Waals surface area contributed by atoms with Gasteiger partial charge in [0.25, 0.3) is 0 Å². The summed E-state index contributed by atoms with van der Waals surface area (Å²) in [5.41, 5.74) is 8.14.